The molecule has 0 aliphatic carbocycles. The molecule has 136 valence electrons. The smallest absolute Gasteiger partial charge is 0.273 e. The van der Waals surface area contributed by atoms with Gasteiger partial charge < -0.3 is 9.84 Å². The fourth-order valence-corrected chi connectivity index (χ4v) is 4.07. The summed E-state index contributed by atoms with van der Waals surface area (Å²) in [5, 5.41) is 8.36. The molecule has 0 aliphatic rings. The minimum atomic E-state index is -3.60. The summed E-state index contributed by atoms with van der Waals surface area (Å²) in [7, 11) is -0.667. The highest BCUT2D eigenvalue weighted by molar-refractivity contribution is 7.89. The zero-order valence-corrected chi connectivity index (χ0v) is 15.8. The molecule has 0 spiro atoms. The van der Waals surface area contributed by atoms with Crippen LogP contribution in [-0.2, 0) is 16.6 Å². The van der Waals surface area contributed by atoms with Gasteiger partial charge in [0.2, 0.25) is 10.0 Å². The first-order chi connectivity index (χ1) is 12.4. The molecule has 0 aliphatic heterocycles. The first-order valence-electron chi connectivity index (χ1n) is 7.69. The number of amides is 1. The molecule has 0 bridgehead atoms. The number of rotatable bonds is 6. The number of thiophene rings is 1. The largest absolute Gasteiger partial charge is 0.355 e. The number of nitrogens with zero attached hydrogens (tertiary/aromatic N) is 2. The van der Waals surface area contributed by atoms with Gasteiger partial charge in [0.1, 0.15) is 0 Å². The van der Waals surface area contributed by atoms with Crippen LogP contribution in [0.25, 0.3) is 10.6 Å². The Labute approximate surface area is 155 Å². The van der Waals surface area contributed by atoms with Crippen molar-refractivity contribution >= 4 is 27.3 Å². The van der Waals surface area contributed by atoms with Gasteiger partial charge in [0.05, 0.1) is 9.77 Å². The third-order valence-corrected chi connectivity index (χ3v) is 6.48. The van der Waals surface area contributed by atoms with Crippen LogP contribution in [0, 0.1) is 0 Å². The van der Waals surface area contributed by atoms with Crippen molar-refractivity contribution in [2.45, 2.75) is 11.4 Å². The second-order valence-corrected chi connectivity index (χ2v) is 8.70. The lowest BCUT2D eigenvalue weighted by Gasteiger charge is -2.15. The lowest BCUT2D eigenvalue weighted by molar-refractivity contribution is 0.0941. The van der Waals surface area contributed by atoms with Gasteiger partial charge in [-0.25, -0.2) is 12.7 Å². The van der Waals surface area contributed by atoms with E-state index >= 15 is 0 Å². The van der Waals surface area contributed by atoms with Crippen LogP contribution in [-0.4, -0.2) is 37.9 Å². The number of carbonyl (C=O) groups is 1. The predicted molar refractivity (Wildman–Crippen MR) is 98.3 cm³/mol. The van der Waals surface area contributed by atoms with E-state index < -0.39 is 15.9 Å². The van der Waals surface area contributed by atoms with Crippen molar-refractivity contribution < 1.29 is 17.7 Å². The van der Waals surface area contributed by atoms with E-state index in [1.165, 1.54) is 31.5 Å². The number of benzene rings is 1. The van der Waals surface area contributed by atoms with Crippen molar-refractivity contribution in [1.29, 1.82) is 0 Å². The second-order valence-electron chi connectivity index (χ2n) is 5.63. The third-order valence-electron chi connectivity index (χ3n) is 3.68. The monoisotopic (exact) mass is 391 g/mol. The van der Waals surface area contributed by atoms with Crippen LogP contribution in [0.4, 0.5) is 0 Å². The van der Waals surface area contributed by atoms with Gasteiger partial charge in [-0.15, -0.1) is 11.3 Å². The van der Waals surface area contributed by atoms with E-state index in [0.717, 1.165) is 9.18 Å². The molecule has 7 nitrogen and oxygen atoms in total. The van der Waals surface area contributed by atoms with E-state index in [1.807, 2.05) is 17.5 Å². The summed E-state index contributed by atoms with van der Waals surface area (Å²) in [4.78, 5) is 13.3. The molecule has 9 heteroatoms. The predicted octanol–water partition coefficient (Wildman–Crippen LogP) is 2.58. The molecule has 0 unspecified atom stereocenters. The van der Waals surface area contributed by atoms with Crippen LogP contribution >= 0.6 is 11.3 Å². The highest BCUT2D eigenvalue weighted by atomic mass is 32.2. The van der Waals surface area contributed by atoms with Crippen molar-refractivity contribution in [3.05, 3.63) is 59.1 Å². The Morgan fingerprint density at radius 1 is 1.23 bits per heavy atom. The lowest BCUT2D eigenvalue weighted by atomic mass is 10.2. The van der Waals surface area contributed by atoms with Gasteiger partial charge >= 0.3 is 0 Å². The standard InChI is InChI=1S/C17H17N3O4S2/c1-20(2)26(22,23)16-8-4-3-6-12(16)11-18-17(21)13-10-14(24-19-13)15-7-5-9-25-15/h3-10H,11H2,1-2H3,(H,18,21). The Balaban J connectivity index is 1.75. The SMILES string of the molecule is CN(C)S(=O)(=O)c1ccccc1CNC(=O)c1cc(-c2cccs2)on1. The summed E-state index contributed by atoms with van der Waals surface area (Å²) in [5.74, 6) is 0.0781. The fraction of sp³-hybridized carbons (Fsp3) is 0.176. The maximum Gasteiger partial charge on any atom is 0.273 e. The molecule has 0 radical (unpaired) electrons. The second kappa shape index (κ2) is 7.40. The minimum absolute atomic E-state index is 0.0588. The highest BCUT2D eigenvalue weighted by Crippen LogP contribution is 2.25. The van der Waals surface area contributed by atoms with Gasteiger partial charge in [0, 0.05) is 26.7 Å². The van der Waals surface area contributed by atoms with Crippen molar-refractivity contribution in [3.63, 3.8) is 0 Å². The van der Waals surface area contributed by atoms with E-state index in [4.69, 9.17) is 4.52 Å². The van der Waals surface area contributed by atoms with E-state index in [9.17, 15) is 13.2 Å². The van der Waals surface area contributed by atoms with Crippen LogP contribution in [0.5, 0.6) is 0 Å². The molecule has 3 aromatic rings. The first kappa shape index (κ1) is 18.3. The molecule has 0 saturated heterocycles. The van der Waals surface area contributed by atoms with E-state index in [-0.39, 0.29) is 17.1 Å². The summed E-state index contributed by atoms with van der Waals surface area (Å²) in [5.41, 5.74) is 0.637. The minimum Gasteiger partial charge on any atom is -0.355 e. The topological polar surface area (TPSA) is 92.5 Å². The number of hydrogen-bond acceptors (Lipinski definition) is 6. The normalized spacial score (nSPS) is 11.7. The summed E-state index contributed by atoms with van der Waals surface area (Å²) in [6.45, 7) is 0.0588. The van der Waals surface area contributed by atoms with E-state index in [0.29, 0.717) is 11.3 Å². The van der Waals surface area contributed by atoms with Gasteiger partial charge in [-0.2, -0.15) is 0 Å². The summed E-state index contributed by atoms with van der Waals surface area (Å²) in [6.07, 6.45) is 0. The van der Waals surface area contributed by atoms with Crippen LogP contribution in [0.15, 0.2) is 57.3 Å². The Kier molecular flexibility index (Phi) is 5.21. The van der Waals surface area contributed by atoms with E-state index in [1.54, 1.807) is 24.3 Å². The zero-order chi connectivity index (χ0) is 18.7. The molecule has 0 saturated carbocycles. The number of sulfonamides is 1. The molecular formula is C17H17N3O4S2. The van der Waals surface area contributed by atoms with Crippen molar-refractivity contribution in [2.24, 2.45) is 0 Å². The summed E-state index contributed by atoms with van der Waals surface area (Å²) >= 11 is 1.48. The molecule has 26 heavy (non-hydrogen) atoms. The number of carbonyl (C=O) groups excluding carboxylic acids is 1. The molecule has 2 heterocycles. The molecular weight excluding hydrogens is 374 g/mol. The van der Waals surface area contributed by atoms with Crippen LogP contribution in [0.2, 0.25) is 0 Å². The van der Waals surface area contributed by atoms with Crippen molar-refractivity contribution in [3.8, 4) is 10.6 Å². The molecule has 2 aromatic heterocycles. The number of nitrogens with one attached hydrogen (secondary N) is 1. The van der Waals surface area contributed by atoms with Gasteiger partial charge in [-0.1, -0.05) is 29.4 Å². The van der Waals surface area contributed by atoms with Crippen LogP contribution in [0.3, 0.4) is 0 Å². The van der Waals surface area contributed by atoms with Crippen LogP contribution < -0.4 is 5.32 Å². The molecule has 1 amide bonds. The average molecular weight is 391 g/mol. The maximum absolute atomic E-state index is 12.4. The Hall–Kier alpha value is -2.49. The molecule has 1 aromatic carbocycles. The molecule has 1 N–H and O–H groups in total. The summed E-state index contributed by atoms with van der Waals surface area (Å²) in [6, 6.07) is 11.9. The van der Waals surface area contributed by atoms with Gasteiger partial charge in [-0.3, -0.25) is 4.79 Å². The zero-order valence-electron chi connectivity index (χ0n) is 14.2. The number of hydrogen-bond donors (Lipinski definition) is 1. The Morgan fingerprint density at radius 2 is 2.00 bits per heavy atom. The number of aromatic nitrogens is 1. The highest BCUT2D eigenvalue weighted by Gasteiger charge is 2.21. The van der Waals surface area contributed by atoms with Gasteiger partial charge in [0.25, 0.3) is 5.91 Å². The quantitative estimate of drug-likeness (QED) is 0.697. The van der Waals surface area contributed by atoms with Crippen molar-refractivity contribution in [2.75, 3.05) is 14.1 Å². The van der Waals surface area contributed by atoms with Gasteiger partial charge in [0.15, 0.2) is 11.5 Å². The molecule has 3 rings (SSSR count). The Morgan fingerprint density at radius 3 is 2.69 bits per heavy atom. The van der Waals surface area contributed by atoms with Crippen LogP contribution in [0.1, 0.15) is 16.1 Å². The molecule has 0 atom stereocenters. The Bertz CT molecular complexity index is 1010. The van der Waals surface area contributed by atoms with Gasteiger partial charge in [-0.05, 0) is 23.1 Å². The average Bonchev–Trinajstić information content (AvgIpc) is 3.30. The summed E-state index contributed by atoms with van der Waals surface area (Å²) < 4.78 is 31.1. The van der Waals surface area contributed by atoms with Crippen molar-refractivity contribution in [1.82, 2.24) is 14.8 Å². The molecule has 0 fully saturated rings. The lowest BCUT2D eigenvalue weighted by Crippen LogP contribution is -2.27. The first-order valence-corrected chi connectivity index (χ1v) is 10.0. The fourth-order valence-electron chi connectivity index (χ4n) is 2.28. The van der Waals surface area contributed by atoms with E-state index in [2.05, 4.69) is 10.5 Å². The third kappa shape index (κ3) is 3.69. The maximum atomic E-state index is 12.4.